The Hall–Kier alpha value is -2.96. The van der Waals surface area contributed by atoms with Gasteiger partial charge in [-0.25, -0.2) is 4.98 Å². The molecule has 1 saturated heterocycles. The van der Waals surface area contributed by atoms with E-state index in [0.717, 1.165) is 30.3 Å². The Morgan fingerprint density at radius 2 is 2.15 bits per heavy atom. The Labute approximate surface area is 150 Å². The van der Waals surface area contributed by atoms with Crippen LogP contribution < -0.4 is 10.9 Å². The van der Waals surface area contributed by atoms with Crippen LogP contribution in [0.1, 0.15) is 42.2 Å². The fourth-order valence-electron chi connectivity index (χ4n) is 4.33. The minimum Gasteiger partial charge on any atom is -0.333 e. The number of aromatic nitrogens is 2. The molecular weight excluding hydrogens is 332 g/mol. The number of nitrogens with zero attached hydrogens (tertiary/aromatic N) is 2. The van der Waals surface area contributed by atoms with Crippen LogP contribution in [-0.2, 0) is 10.2 Å². The van der Waals surface area contributed by atoms with Crippen molar-refractivity contribution in [3.63, 3.8) is 0 Å². The second kappa shape index (κ2) is 6.09. The number of fused-ring (bicyclic) bond motifs is 2. The summed E-state index contributed by atoms with van der Waals surface area (Å²) in [5, 5.41) is 2.99. The molecule has 0 bridgehead atoms. The van der Waals surface area contributed by atoms with Gasteiger partial charge in [-0.05, 0) is 24.5 Å². The first-order valence-corrected chi connectivity index (χ1v) is 8.84. The Balaban J connectivity index is 1.75. The van der Waals surface area contributed by atoms with Crippen molar-refractivity contribution in [2.75, 3.05) is 11.9 Å². The maximum atomic E-state index is 13.0. The number of carbonyl (C=O) groups is 2. The van der Waals surface area contributed by atoms with Crippen molar-refractivity contribution in [1.29, 1.82) is 0 Å². The number of para-hydroxylation sites is 1. The van der Waals surface area contributed by atoms with Gasteiger partial charge in [0.05, 0.1) is 17.7 Å². The summed E-state index contributed by atoms with van der Waals surface area (Å²) in [5.74, 6) is -0.296. The zero-order valence-corrected chi connectivity index (χ0v) is 14.5. The van der Waals surface area contributed by atoms with E-state index in [9.17, 15) is 14.4 Å². The number of nitrogens with one attached hydrogen (secondary N) is 2. The first-order valence-electron chi connectivity index (χ1n) is 8.84. The molecule has 0 unspecified atom stereocenters. The largest absolute Gasteiger partial charge is 0.333 e. The van der Waals surface area contributed by atoms with E-state index in [1.807, 2.05) is 31.2 Å². The van der Waals surface area contributed by atoms with Gasteiger partial charge in [-0.15, -0.1) is 0 Å². The van der Waals surface area contributed by atoms with Crippen molar-refractivity contribution in [1.82, 2.24) is 14.9 Å². The monoisotopic (exact) mass is 352 g/mol. The molecule has 7 nitrogen and oxygen atoms in total. The lowest BCUT2D eigenvalue weighted by atomic mass is 9.73. The Bertz CT molecular complexity index is 918. The Morgan fingerprint density at radius 3 is 2.88 bits per heavy atom. The first kappa shape index (κ1) is 16.5. The van der Waals surface area contributed by atoms with Crippen LogP contribution in [0.25, 0.3) is 0 Å². The average Bonchev–Trinajstić information content (AvgIpc) is 3.16. The zero-order chi connectivity index (χ0) is 18.3. The Morgan fingerprint density at radius 1 is 1.35 bits per heavy atom. The van der Waals surface area contributed by atoms with Crippen LogP contribution in [-0.4, -0.2) is 39.3 Å². The summed E-state index contributed by atoms with van der Waals surface area (Å²) in [5.41, 5.74) is 0.913. The third kappa shape index (κ3) is 2.27. The van der Waals surface area contributed by atoms with Crippen LogP contribution in [0.5, 0.6) is 0 Å². The van der Waals surface area contributed by atoms with Crippen LogP contribution in [0.3, 0.4) is 0 Å². The van der Waals surface area contributed by atoms with Gasteiger partial charge in [0.15, 0.2) is 0 Å². The van der Waals surface area contributed by atoms with Gasteiger partial charge >= 0.3 is 0 Å². The molecule has 1 aromatic heterocycles. The van der Waals surface area contributed by atoms with Crippen molar-refractivity contribution in [3.05, 3.63) is 58.3 Å². The number of benzene rings is 1. The van der Waals surface area contributed by atoms with Gasteiger partial charge in [0.2, 0.25) is 5.91 Å². The van der Waals surface area contributed by atoms with Crippen molar-refractivity contribution >= 4 is 17.5 Å². The number of anilines is 1. The summed E-state index contributed by atoms with van der Waals surface area (Å²) in [4.78, 5) is 45.4. The highest BCUT2D eigenvalue weighted by Gasteiger charge is 2.58. The fourth-order valence-corrected chi connectivity index (χ4v) is 4.33. The molecule has 2 aromatic rings. The molecule has 2 amide bonds. The molecule has 1 aromatic carbocycles. The molecule has 0 saturated carbocycles. The molecule has 1 spiro atoms. The van der Waals surface area contributed by atoms with E-state index in [2.05, 4.69) is 15.3 Å². The molecule has 4 rings (SSSR count). The second-order valence-corrected chi connectivity index (χ2v) is 6.82. The zero-order valence-electron chi connectivity index (χ0n) is 14.5. The average molecular weight is 352 g/mol. The molecule has 0 aliphatic carbocycles. The molecule has 0 radical (unpaired) electrons. The summed E-state index contributed by atoms with van der Waals surface area (Å²) < 4.78 is 0. The van der Waals surface area contributed by atoms with Gasteiger partial charge in [0.1, 0.15) is 5.69 Å². The van der Waals surface area contributed by atoms with E-state index in [1.165, 1.54) is 6.20 Å². The fraction of sp³-hybridized carbons (Fsp3) is 0.368. The van der Waals surface area contributed by atoms with Crippen LogP contribution in [0.15, 0.2) is 41.5 Å². The third-order valence-corrected chi connectivity index (χ3v) is 5.47. The number of likely N-dealkylation sites (tertiary alicyclic amines) is 1. The van der Waals surface area contributed by atoms with Gasteiger partial charge in [-0.1, -0.05) is 31.5 Å². The summed E-state index contributed by atoms with van der Waals surface area (Å²) in [6, 6.07) is 7.46. The van der Waals surface area contributed by atoms with Gasteiger partial charge in [0.25, 0.3) is 11.5 Å². The molecule has 134 valence electrons. The molecule has 7 heteroatoms. The van der Waals surface area contributed by atoms with E-state index in [-0.39, 0.29) is 29.1 Å². The predicted octanol–water partition coefficient (Wildman–Crippen LogP) is 1.67. The number of H-pyrrole nitrogens is 1. The van der Waals surface area contributed by atoms with Crippen LogP contribution in [0.2, 0.25) is 0 Å². The Kier molecular flexibility index (Phi) is 3.86. The molecule has 2 aliphatic rings. The highest BCUT2D eigenvalue weighted by molar-refractivity contribution is 6.08. The van der Waals surface area contributed by atoms with Crippen molar-refractivity contribution in [2.24, 2.45) is 0 Å². The number of hydrogen-bond donors (Lipinski definition) is 2. The van der Waals surface area contributed by atoms with E-state index in [0.29, 0.717) is 13.0 Å². The third-order valence-electron chi connectivity index (χ3n) is 5.47. The maximum absolute atomic E-state index is 13.0. The lowest BCUT2D eigenvalue weighted by Gasteiger charge is -2.33. The maximum Gasteiger partial charge on any atom is 0.274 e. The minimum atomic E-state index is -0.718. The molecule has 2 N–H and O–H groups in total. The number of rotatable bonds is 3. The smallest absolute Gasteiger partial charge is 0.274 e. The van der Waals surface area contributed by atoms with E-state index >= 15 is 0 Å². The molecule has 26 heavy (non-hydrogen) atoms. The summed E-state index contributed by atoms with van der Waals surface area (Å²) in [7, 11) is 0. The number of hydrogen-bond acceptors (Lipinski definition) is 4. The van der Waals surface area contributed by atoms with Gasteiger partial charge < -0.3 is 15.2 Å². The van der Waals surface area contributed by atoms with Crippen molar-refractivity contribution in [3.8, 4) is 0 Å². The summed E-state index contributed by atoms with van der Waals surface area (Å²) in [6.45, 7) is 2.53. The predicted molar refractivity (Wildman–Crippen MR) is 96.0 cm³/mol. The second-order valence-electron chi connectivity index (χ2n) is 6.82. The first-order chi connectivity index (χ1) is 12.6. The topological polar surface area (TPSA) is 95.2 Å². The summed E-state index contributed by atoms with van der Waals surface area (Å²) in [6.07, 6.45) is 4.59. The van der Waals surface area contributed by atoms with E-state index < -0.39 is 5.41 Å². The van der Waals surface area contributed by atoms with Gasteiger partial charge in [0, 0.05) is 18.4 Å². The van der Waals surface area contributed by atoms with Crippen molar-refractivity contribution < 1.29 is 9.59 Å². The lowest BCUT2D eigenvalue weighted by Crippen LogP contribution is -2.49. The lowest BCUT2D eigenvalue weighted by molar-refractivity contribution is -0.121. The van der Waals surface area contributed by atoms with Crippen LogP contribution in [0, 0.1) is 0 Å². The van der Waals surface area contributed by atoms with E-state index in [4.69, 9.17) is 0 Å². The molecule has 2 aliphatic heterocycles. The van der Waals surface area contributed by atoms with Crippen molar-refractivity contribution in [2.45, 2.75) is 37.6 Å². The summed E-state index contributed by atoms with van der Waals surface area (Å²) >= 11 is 0. The minimum absolute atomic E-state index is 0.0399. The molecule has 3 heterocycles. The molecule has 2 atom stereocenters. The van der Waals surface area contributed by atoms with Crippen LogP contribution >= 0.6 is 0 Å². The highest BCUT2D eigenvalue weighted by Crippen LogP contribution is 2.49. The quantitative estimate of drug-likeness (QED) is 0.878. The van der Waals surface area contributed by atoms with Gasteiger partial charge in [-0.2, -0.15) is 0 Å². The highest BCUT2D eigenvalue weighted by atomic mass is 16.2. The normalized spacial score (nSPS) is 24.0. The molecular formula is C19H20N4O3. The number of aromatic amines is 1. The number of carbonyl (C=O) groups excluding carboxylic acids is 2. The van der Waals surface area contributed by atoms with E-state index in [1.54, 1.807) is 4.90 Å². The molecule has 1 fully saturated rings. The van der Waals surface area contributed by atoms with Gasteiger partial charge in [-0.3, -0.25) is 14.4 Å². The standard InChI is InChI=1S/C19H20N4O3/c1-2-5-15-19(12-6-3-4-7-13(12)22-18(19)26)8-9-23(15)17(25)14-10-21-16(24)11-20-14/h3-4,6-7,10-11,15H,2,5,8-9H2,1H3,(H,21,24)(H,22,26)/t15-,19-/m0/s1. The number of amides is 2. The SMILES string of the molecule is CCC[C@@H]1N(C(=O)c2c[nH]c(=O)cn2)CC[C@@]12C(=O)Nc1ccccc12. The van der Waals surface area contributed by atoms with Crippen LogP contribution in [0.4, 0.5) is 5.69 Å².